The van der Waals surface area contributed by atoms with Crippen LogP contribution in [0.2, 0.25) is 5.02 Å². The van der Waals surface area contributed by atoms with Crippen molar-refractivity contribution in [1.29, 1.82) is 0 Å². The molecular formula is C23H26ClN5O3. The van der Waals surface area contributed by atoms with Crippen molar-refractivity contribution < 1.29 is 14.4 Å². The minimum Gasteiger partial charge on any atom is -0.400 e. The molecule has 1 fully saturated rings. The lowest BCUT2D eigenvalue weighted by Crippen LogP contribution is -2.46. The van der Waals surface area contributed by atoms with Crippen molar-refractivity contribution in [1.82, 2.24) is 10.2 Å². The van der Waals surface area contributed by atoms with Crippen molar-refractivity contribution >= 4 is 35.4 Å². The van der Waals surface area contributed by atoms with Crippen molar-refractivity contribution in [3.8, 4) is 0 Å². The maximum Gasteiger partial charge on any atom is 0.256 e. The van der Waals surface area contributed by atoms with Crippen molar-refractivity contribution in [2.75, 3.05) is 11.6 Å². The number of likely N-dealkylation sites (tertiary alicyclic amines) is 1. The highest BCUT2D eigenvalue weighted by Gasteiger charge is 2.35. The van der Waals surface area contributed by atoms with Gasteiger partial charge in [0.05, 0.1) is 11.3 Å². The van der Waals surface area contributed by atoms with Crippen LogP contribution in [0.25, 0.3) is 0 Å². The maximum absolute atomic E-state index is 13.4. The van der Waals surface area contributed by atoms with Gasteiger partial charge in [-0.3, -0.25) is 14.6 Å². The molecule has 0 spiro atoms. The first-order valence-electron chi connectivity index (χ1n) is 10.3. The van der Waals surface area contributed by atoms with Crippen LogP contribution in [0.4, 0.5) is 5.69 Å². The molecule has 1 aliphatic rings. The first-order chi connectivity index (χ1) is 15.4. The summed E-state index contributed by atoms with van der Waals surface area (Å²) in [4.78, 5) is 38.4. The van der Waals surface area contributed by atoms with Crippen molar-refractivity contribution in [2.24, 2.45) is 11.6 Å². The molecule has 32 heavy (non-hydrogen) atoms. The number of benzene rings is 2. The van der Waals surface area contributed by atoms with Crippen LogP contribution in [0, 0.1) is 0 Å². The monoisotopic (exact) mass is 455 g/mol. The van der Waals surface area contributed by atoms with Gasteiger partial charge >= 0.3 is 0 Å². The summed E-state index contributed by atoms with van der Waals surface area (Å²) in [5.74, 6) is 5.59. The predicted molar refractivity (Wildman–Crippen MR) is 123 cm³/mol. The van der Waals surface area contributed by atoms with Crippen LogP contribution >= 0.6 is 11.6 Å². The van der Waals surface area contributed by atoms with E-state index in [1.54, 1.807) is 41.3 Å². The average molecular weight is 456 g/mol. The molecule has 5 N–H and O–H groups in total. The van der Waals surface area contributed by atoms with Crippen LogP contribution in [0.3, 0.4) is 0 Å². The van der Waals surface area contributed by atoms with Gasteiger partial charge in [-0.05, 0) is 42.7 Å². The standard InChI is InChI=1S/C23H26ClN5O3/c24-17-9-7-16(8-10-17)14-27-22(31)21-6-3-12-28(21)23(32)19-4-1-2-5-20(19)29(26)15-18(25)11-13-30/h1-2,4-5,7-10,13,15,21H,3,6,11-12,14,25-26H2,(H,27,31)/b18-15-. The number of carbonyl (C=O) groups excluding carboxylic acids is 3. The van der Waals surface area contributed by atoms with Crippen LogP contribution in [-0.4, -0.2) is 35.6 Å². The molecule has 0 radical (unpaired) electrons. The van der Waals surface area contributed by atoms with Crippen LogP contribution in [-0.2, 0) is 16.1 Å². The summed E-state index contributed by atoms with van der Waals surface area (Å²) in [6.07, 6.45) is 3.42. The number of hydrazine groups is 1. The van der Waals surface area contributed by atoms with E-state index in [1.807, 2.05) is 12.1 Å². The van der Waals surface area contributed by atoms with E-state index in [4.69, 9.17) is 23.2 Å². The van der Waals surface area contributed by atoms with Gasteiger partial charge in [-0.1, -0.05) is 35.9 Å². The van der Waals surface area contributed by atoms with E-state index in [9.17, 15) is 14.4 Å². The second-order valence-electron chi connectivity index (χ2n) is 7.50. The molecule has 1 atom stereocenters. The number of halogens is 1. The van der Waals surface area contributed by atoms with E-state index in [0.717, 1.165) is 12.0 Å². The molecule has 0 saturated carbocycles. The third-order valence-corrected chi connectivity index (χ3v) is 5.48. The fourth-order valence-electron chi connectivity index (χ4n) is 3.62. The van der Waals surface area contributed by atoms with E-state index in [-0.39, 0.29) is 23.9 Å². The van der Waals surface area contributed by atoms with Crippen molar-refractivity contribution in [3.63, 3.8) is 0 Å². The Morgan fingerprint density at radius 1 is 1.19 bits per heavy atom. The number of hydrogen-bond donors (Lipinski definition) is 3. The topological polar surface area (TPSA) is 122 Å². The molecule has 0 aliphatic carbocycles. The zero-order valence-corrected chi connectivity index (χ0v) is 18.3. The summed E-state index contributed by atoms with van der Waals surface area (Å²) in [6, 6.07) is 13.5. The zero-order valence-electron chi connectivity index (χ0n) is 17.5. The number of nitrogens with one attached hydrogen (secondary N) is 1. The molecule has 1 unspecified atom stereocenters. The molecule has 0 bridgehead atoms. The van der Waals surface area contributed by atoms with Crippen molar-refractivity contribution in [3.05, 3.63) is 76.6 Å². The number of allylic oxidation sites excluding steroid dienone is 1. The number of aldehydes is 1. The number of amides is 2. The van der Waals surface area contributed by atoms with Gasteiger partial charge in [-0.15, -0.1) is 0 Å². The van der Waals surface area contributed by atoms with Crippen LogP contribution < -0.4 is 21.9 Å². The Kier molecular flexibility index (Phi) is 7.86. The minimum atomic E-state index is -0.565. The van der Waals surface area contributed by atoms with Gasteiger partial charge in [0.2, 0.25) is 5.91 Å². The van der Waals surface area contributed by atoms with E-state index in [2.05, 4.69) is 5.32 Å². The van der Waals surface area contributed by atoms with Crippen LogP contribution in [0.5, 0.6) is 0 Å². The predicted octanol–water partition coefficient (Wildman–Crippen LogP) is 2.33. The molecule has 1 saturated heterocycles. The molecule has 1 heterocycles. The zero-order chi connectivity index (χ0) is 23.1. The average Bonchev–Trinajstić information content (AvgIpc) is 3.28. The van der Waals surface area contributed by atoms with Crippen molar-refractivity contribution in [2.45, 2.75) is 31.8 Å². The first kappa shape index (κ1) is 23.3. The SMILES string of the molecule is N/C(=C\N(N)c1ccccc1C(=O)N1CCCC1C(=O)NCc1ccc(Cl)cc1)CC=O. The first-order valence-corrected chi connectivity index (χ1v) is 10.6. The smallest absolute Gasteiger partial charge is 0.256 e. The van der Waals surface area contributed by atoms with E-state index in [1.165, 1.54) is 11.2 Å². The molecule has 8 nitrogen and oxygen atoms in total. The highest BCUT2D eigenvalue weighted by molar-refractivity contribution is 6.30. The molecule has 1 aliphatic heterocycles. The Balaban J connectivity index is 1.74. The van der Waals surface area contributed by atoms with Gasteiger partial charge in [0.1, 0.15) is 12.3 Å². The lowest BCUT2D eigenvalue weighted by Gasteiger charge is -2.26. The minimum absolute atomic E-state index is 0.0335. The normalized spacial score (nSPS) is 16.0. The number of anilines is 1. The maximum atomic E-state index is 13.4. The van der Waals surface area contributed by atoms with Gasteiger partial charge in [0.25, 0.3) is 5.91 Å². The number of rotatable bonds is 8. The van der Waals surface area contributed by atoms with Gasteiger partial charge < -0.3 is 20.7 Å². The van der Waals surface area contributed by atoms with Gasteiger partial charge in [-0.25, -0.2) is 5.84 Å². The number of nitrogens with two attached hydrogens (primary N) is 2. The fourth-order valence-corrected chi connectivity index (χ4v) is 3.75. The number of nitrogens with zero attached hydrogens (tertiary/aromatic N) is 2. The Labute approximate surface area is 191 Å². The Morgan fingerprint density at radius 2 is 1.91 bits per heavy atom. The van der Waals surface area contributed by atoms with Gasteiger partial charge in [0.15, 0.2) is 0 Å². The molecule has 3 rings (SSSR count). The van der Waals surface area contributed by atoms with E-state index in [0.29, 0.717) is 42.1 Å². The largest absolute Gasteiger partial charge is 0.400 e. The summed E-state index contributed by atoms with van der Waals surface area (Å²) in [6.45, 7) is 0.822. The molecule has 2 amide bonds. The Morgan fingerprint density at radius 3 is 2.62 bits per heavy atom. The molecule has 2 aromatic rings. The summed E-state index contributed by atoms with van der Waals surface area (Å²) < 4.78 is 0. The van der Waals surface area contributed by atoms with Gasteiger partial charge in [0, 0.05) is 36.4 Å². The second kappa shape index (κ2) is 10.8. The highest BCUT2D eigenvalue weighted by atomic mass is 35.5. The summed E-state index contributed by atoms with van der Waals surface area (Å²) in [5.41, 5.74) is 7.74. The van der Waals surface area contributed by atoms with Crippen LogP contribution in [0.1, 0.15) is 35.2 Å². The number of carbonyl (C=O) groups is 3. The Hall–Kier alpha value is -3.36. The lowest BCUT2D eigenvalue weighted by molar-refractivity contribution is -0.125. The number of para-hydroxylation sites is 1. The second-order valence-corrected chi connectivity index (χ2v) is 7.94. The summed E-state index contributed by atoms with van der Waals surface area (Å²) in [5, 5.41) is 4.75. The lowest BCUT2D eigenvalue weighted by atomic mass is 10.1. The fraction of sp³-hybridized carbons (Fsp3) is 0.261. The summed E-state index contributed by atoms with van der Waals surface area (Å²) >= 11 is 5.90. The third-order valence-electron chi connectivity index (χ3n) is 5.23. The quantitative estimate of drug-likeness (QED) is 0.319. The van der Waals surface area contributed by atoms with Gasteiger partial charge in [-0.2, -0.15) is 0 Å². The van der Waals surface area contributed by atoms with E-state index >= 15 is 0 Å². The summed E-state index contributed by atoms with van der Waals surface area (Å²) in [7, 11) is 0. The molecule has 9 heteroatoms. The van der Waals surface area contributed by atoms with E-state index < -0.39 is 6.04 Å². The molecule has 168 valence electrons. The molecule has 0 aromatic heterocycles. The molecular weight excluding hydrogens is 430 g/mol. The number of hydrogen-bond acceptors (Lipinski definition) is 6. The molecule has 2 aromatic carbocycles. The highest BCUT2D eigenvalue weighted by Crippen LogP contribution is 2.26. The van der Waals surface area contributed by atoms with Crippen LogP contribution in [0.15, 0.2) is 60.4 Å². The third kappa shape index (κ3) is 5.66. The Bertz CT molecular complexity index is 1010.